The standard InChI is InChI=1S/C12H20N2O4/c1-11(9(15)16,13-5-6-13)3-4-12(2,10(17)18)14-7-8-14/h3-8H2,1-2H3,(H,15,16)(H,17,18). The van der Waals surface area contributed by atoms with Crippen LogP contribution in [0.1, 0.15) is 26.7 Å². The van der Waals surface area contributed by atoms with Crippen molar-refractivity contribution in [3.63, 3.8) is 0 Å². The number of carboxylic acid groups (broad SMARTS) is 2. The monoisotopic (exact) mass is 256 g/mol. The average molecular weight is 256 g/mol. The Morgan fingerprint density at radius 2 is 1.17 bits per heavy atom. The summed E-state index contributed by atoms with van der Waals surface area (Å²) in [7, 11) is 0. The van der Waals surface area contributed by atoms with Crippen LogP contribution in [0.4, 0.5) is 0 Å². The highest BCUT2D eigenvalue weighted by atomic mass is 16.4. The van der Waals surface area contributed by atoms with Crippen LogP contribution < -0.4 is 0 Å². The molecule has 2 N–H and O–H groups in total. The molecule has 2 aliphatic rings. The first-order valence-corrected chi connectivity index (χ1v) is 6.27. The molecule has 2 rings (SSSR count). The molecule has 0 aliphatic carbocycles. The lowest BCUT2D eigenvalue weighted by Gasteiger charge is -2.32. The summed E-state index contributed by atoms with van der Waals surface area (Å²) in [5.41, 5.74) is -1.85. The van der Waals surface area contributed by atoms with E-state index in [0.717, 1.165) is 26.2 Å². The van der Waals surface area contributed by atoms with E-state index >= 15 is 0 Å². The summed E-state index contributed by atoms with van der Waals surface area (Å²) in [5.74, 6) is -1.72. The highest BCUT2D eigenvalue weighted by molar-refractivity contribution is 5.80. The molecule has 2 saturated heterocycles. The molecule has 6 heteroatoms. The van der Waals surface area contributed by atoms with Gasteiger partial charge in [0.05, 0.1) is 0 Å². The Hall–Kier alpha value is -1.14. The van der Waals surface area contributed by atoms with Gasteiger partial charge >= 0.3 is 11.9 Å². The molecule has 0 aromatic heterocycles. The molecule has 18 heavy (non-hydrogen) atoms. The highest BCUT2D eigenvalue weighted by Crippen LogP contribution is 2.34. The molecule has 2 fully saturated rings. The quantitative estimate of drug-likeness (QED) is 0.628. The predicted molar refractivity (Wildman–Crippen MR) is 64.5 cm³/mol. The SMILES string of the molecule is CC(CCC(C)(C(=O)O)N1CC1)(C(=O)O)N1CC1. The first kappa shape index (κ1) is 13.3. The van der Waals surface area contributed by atoms with Gasteiger partial charge in [-0.15, -0.1) is 0 Å². The third-order valence-corrected chi connectivity index (χ3v) is 4.31. The molecule has 0 saturated carbocycles. The van der Waals surface area contributed by atoms with Gasteiger partial charge in [-0.1, -0.05) is 0 Å². The second kappa shape index (κ2) is 4.20. The topological polar surface area (TPSA) is 80.6 Å². The van der Waals surface area contributed by atoms with Crippen molar-refractivity contribution in [1.29, 1.82) is 0 Å². The molecule has 0 amide bonds. The maximum atomic E-state index is 11.4. The van der Waals surface area contributed by atoms with E-state index in [-0.39, 0.29) is 0 Å². The van der Waals surface area contributed by atoms with E-state index < -0.39 is 23.0 Å². The van der Waals surface area contributed by atoms with Gasteiger partial charge in [0.25, 0.3) is 0 Å². The molecular formula is C12H20N2O4. The minimum Gasteiger partial charge on any atom is -0.480 e. The summed E-state index contributed by atoms with van der Waals surface area (Å²) in [6.45, 7) is 6.53. The van der Waals surface area contributed by atoms with Gasteiger partial charge in [0.15, 0.2) is 0 Å². The van der Waals surface area contributed by atoms with Gasteiger partial charge in [-0.2, -0.15) is 0 Å². The minimum atomic E-state index is -0.924. The van der Waals surface area contributed by atoms with E-state index in [1.54, 1.807) is 13.8 Å². The number of nitrogens with zero attached hydrogens (tertiary/aromatic N) is 2. The molecule has 0 aromatic carbocycles. The zero-order valence-electron chi connectivity index (χ0n) is 10.8. The minimum absolute atomic E-state index is 0.363. The molecule has 0 spiro atoms. The number of aliphatic carboxylic acids is 2. The maximum Gasteiger partial charge on any atom is 0.323 e. The lowest BCUT2D eigenvalue weighted by atomic mass is 9.86. The highest BCUT2D eigenvalue weighted by Gasteiger charge is 2.50. The Morgan fingerprint density at radius 3 is 1.33 bits per heavy atom. The zero-order chi connectivity index (χ0) is 13.6. The van der Waals surface area contributed by atoms with Crippen LogP contribution in [0.3, 0.4) is 0 Å². The molecular weight excluding hydrogens is 236 g/mol. The van der Waals surface area contributed by atoms with Gasteiger partial charge in [0, 0.05) is 26.2 Å². The van der Waals surface area contributed by atoms with Crippen LogP contribution >= 0.6 is 0 Å². The first-order valence-electron chi connectivity index (χ1n) is 6.27. The second-order valence-electron chi connectivity index (χ2n) is 5.63. The summed E-state index contributed by atoms with van der Waals surface area (Å²) in [6, 6.07) is 0. The normalized spacial score (nSPS) is 26.1. The van der Waals surface area contributed by atoms with Crippen LogP contribution in [0.25, 0.3) is 0 Å². The molecule has 2 aliphatic heterocycles. The van der Waals surface area contributed by atoms with Crippen LogP contribution in [0, 0.1) is 0 Å². The van der Waals surface area contributed by atoms with Crippen LogP contribution in [0.5, 0.6) is 0 Å². The van der Waals surface area contributed by atoms with Gasteiger partial charge < -0.3 is 10.2 Å². The van der Waals surface area contributed by atoms with Crippen molar-refractivity contribution < 1.29 is 19.8 Å². The van der Waals surface area contributed by atoms with Crippen molar-refractivity contribution in [2.45, 2.75) is 37.8 Å². The Morgan fingerprint density at radius 1 is 0.889 bits per heavy atom. The van der Waals surface area contributed by atoms with Gasteiger partial charge in [-0.25, -0.2) is 0 Å². The van der Waals surface area contributed by atoms with Crippen molar-refractivity contribution >= 4 is 11.9 Å². The largest absolute Gasteiger partial charge is 0.480 e. The summed E-state index contributed by atoms with van der Waals surface area (Å²) in [6.07, 6.45) is 0.725. The molecule has 2 heterocycles. The fraction of sp³-hybridized carbons (Fsp3) is 0.833. The van der Waals surface area contributed by atoms with Crippen LogP contribution in [0.2, 0.25) is 0 Å². The molecule has 2 unspecified atom stereocenters. The lowest BCUT2D eigenvalue weighted by molar-refractivity contribution is -0.151. The Bertz CT molecular complexity index is 342. The Kier molecular flexibility index (Phi) is 3.11. The van der Waals surface area contributed by atoms with E-state index in [1.165, 1.54) is 0 Å². The first-order chi connectivity index (χ1) is 8.30. The van der Waals surface area contributed by atoms with Gasteiger partial charge in [0.2, 0.25) is 0 Å². The molecule has 102 valence electrons. The smallest absolute Gasteiger partial charge is 0.323 e. The second-order valence-corrected chi connectivity index (χ2v) is 5.63. The number of rotatable bonds is 7. The van der Waals surface area contributed by atoms with Crippen molar-refractivity contribution in [2.24, 2.45) is 0 Å². The van der Waals surface area contributed by atoms with E-state index in [0.29, 0.717) is 12.8 Å². The van der Waals surface area contributed by atoms with Crippen molar-refractivity contribution in [3.05, 3.63) is 0 Å². The average Bonchev–Trinajstić information content (AvgIpc) is 3.17. The van der Waals surface area contributed by atoms with Crippen molar-refractivity contribution in [2.75, 3.05) is 26.2 Å². The Balaban J connectivity index is 2.04. The Labute approximate surface area is 106 Å². The third kappa shape index (κ3) is 2.22. The number of carbonyl (C=O) groups is 2. The fourth-order valence-electron chi connectivity index (χ4n) is 2.37. The van der Waals surface area contributed by atoms with E-state index in [1.807, 2.05) is 9.80 Å². The number of hydrogen-bond acceptors (Lipinski definition) is 4. The zero-order valence-corrected chi connectivity index (χ0v) is 10.8. The maximum absolute atomic E-state index is 11.4. The summed E-state index contributed by atoms with van der Waals surface area (Å²) in [5, 5.41) is 18.7. The van der Waals surface area contributed by atoms with Crippen molar-refractivity contribution in [1.82, 2.24) is 9.80 Å². The van der Waals surface area contributed by atoms with Gasteiger partial charge in [-0.05, 0) is 26.7 Å². The molecule has 2 atom stereocenters. The van der Waals surface area contributed by atoms with Crippen LogP contribution in [0.15, 0.2) is 0 Å². The van der Waals surface area contributed by atoms with Crippen LogP contribution in [-0.2, 0) is 9.59 Å². The number of hydrogen-bond donors (Lipinski definition) is 2. The molecule has 6 nitrogen and oxygen atoms in total. The molecule has 0 radical (unpaired) electrons. The fourth-order valence-corrected chi connectivity index (χ4v) is 2.37. The summed E-state index contributed by atoms with van der Waals surface area (Å²) >= 11 is 0. The summed E-state index contributed by atoms with van der Waals surface area (Å²) in [4.78, 5) is 26.5. The van der Waals surface area contributed by atoms with Crippen molar-refractivity contribution in [3.8, 4) is 0 Å². The molecule has 0 aromatic rings. The van der Waals surface area contributed by atoms with E-state index in [9.17, 15) is 19.8 Å². The lowest BCUT2D eigenvalue weighted by Crippen LogP contribution is -2.49. The van der Waals surface area contributed by atoms with E-state index in [2.05, 4.69) is 0 Å². The predicted octanol–water partition coefficient (Wildman–Crippen LogP) is 0.0844. The summed E-state index contributed by atoms with van der Waals surface area (Å²) < 4.78 is 0. The van der Waals surface area contributed by atoms with Crippen LogP contribution in [-0.4, -0.2) is 69.2 Å². The number of carboxylic acids is 2. The van der Waals surface area contributed by atoms with Gasteiger partial charge in [0.1, 0.15) is 11.1 Å². The van der Waals surface area contributed by atoms with E-state index in [4.69, 9.17) is 0 Å². The van der Waals surface area contributed by atoms with Gasteiger partial charge in [-0.3, -0.25) is 19.4 Å². The molecule has 0 bridgehead atoms. The third-order valence-electron chi connectivity index (χ3n) is 4.31.